The summed E-state index contributed by atoms with van der Waals surface area (Å²) in [5, 5.41) is 19.8. The molecule has 0 amide bonds. The van der Waals surface area contributed by atoms with Crippen molar-refractivity contribution in [3.8, 4) is 5.75 Å². The highest BCUT2D eigenvalue weighted by molar-refractivity contribution is 5.48. The first-order valence-corrected chi connectivity index (χ1v) is 8.76. The van der Waals surface area contributed by atoms with Gasteiger partial charge < -0.3 is 10.2 Å². The molecule has 2 nitrogen and oxygen atoms in total. The van der Waals surface area contributed by atoms with E-state index in [-0.39, 0.29) is 22.9 Å². The van der Waals surface area contributed by atoms with Crippen molar-refractivity contribution < 1.29 is 10.2 Å². The molecule has 132 valence electrons. The summed E-state index contributed by atoms with van der Waals surface area (Å²) in [7, 11) is 0. The Morgan fingerprint density at radius 1 is 0.870 bits per heavy atom. The van der Waals surface area contributed by atoms with E-state index in [4.69, 9.17) is 0 Å². The molecular weight excluding hydrogens is 284 g/mol. The van der Waals surface area contributed by atoms with Crippen LogP contribution in [0.3, 0.4) is 0 Å². The van der Waals surface area contributed by atoms with Crippen LogP contribution in [-0.4, -0.2) is 16.8 Å². The molecule has 0 bridgehead atoms. The minimum Gasteiger partial charge on any atom is -0.508 e. The molecular formula is C21H36O2. The zero-order valence-electron chi connectivity index (χ0n) is 16.4. The van der Waals surface area contributed by atoms with Gasteiger partial charge in [-0.1, -0.05) is 61.5 Å². The lowest BCUT2D eigenvalue weighted by Crippen LogP contribution is -2.27. The van der Waals surface area contributed by atoms with Gasteiger partial charge in [0.05, 0.1) is 0 Å². The van der Waals surface area contributed by atoms with E-state index in [9.17, 15) is 10.2 Å². The Bertz CT molecular complexity index is 528. The number of aromatic hydroxyl groups is 1. The first kappa shape index (κ1) is 20.0. The van der Waals surface area contributed by atoms with Crippen LogP contribution in [0.1, 0.15) is 84.9 Å². The van der Waals surface area contributed by atoms with Crippen molar-refractivity contribution in [1.29, 1.82) is 0 Å². The van der Waals surface area contributed by atoms with E-state index >= 15 is 0 Å². The Labute approximate surface area is 142 Å². The van der Waals surface area contributed by atoms with Crippen LogP contribution < -0.4 is 0 Å². The summed E-state index contributed by atoms with van der Waals surface area (Å²) in [6.45, 7) is 17.8. The van der Waals surface area contributed by atoms with Gasteiger partial charge in [0, 0.05) is 6.61 Å². The monoisotopic (exact) mass is 320 g/mol. The number of hydrogen-bond acceptors (Lipinski definition) is 2. The van der Waals surface area contributed by atoms with Crippen LogP contribution >= 0.6 is 0 Å². The van der Waals surface area contributed by atoms with Crippen molar-refractivity contribution in [2.75, 3.05) is 6.61 Å². The standard InChI is InChI=1S/C21H36O2/c1-19(2,3)14-21(7,8)16-13-18(23)17(20(4,5)6)12-15(16)10-9-11-22/h12-13,22-23H,9-11,14H2,1-8H3. The predicted octanol–water partition coefficient (Wildman–Crippen LogP) is 5.33. The number of phenolic OH excluding ortho intramolecular Hbond substituents is 1. The normalized spacial score (nSPS) is 13.4. The Balaban J connectivity index is 3.43. The Kier molecular flexibility index (Phi) is 5.96. The van der Waals surface area contributed by atoms with E-state index in [1.165, 1.54) is 11.1 Å². The quantitative estimate of drug-likeness (QED) is 0.770. The highest BCUT2D eigenvalue weighted by atomic mass is 16.3. The molecule has 1 aromatic rings. The van der Waals surface area contributed by atoms with Crippen LogP contribution in [0.5, 0.6) is 5.75 Å². The van der Waals surface area contributed by atoms with Crippen molar-refractivity contribution in [1.82, 2.24) is 0 Å². The van der Waals surface area contributed by atoms with Crippen molar-refractivity contribution in [3.63, 3.8) is 0 Å². The van der Waals surface area contributed by atoms with E-state index in [2.05, 4.69) is 61.5 Å². The van der Waals surface area contributed by atoms with Crippen molar-refractivity contribution in [2.45, 2.75) is 85.5 Å². The number of aliphatic hydroxyl groups excluding tert-OH is 1. The topological polar surface area (TPSA) is 40.5 Å². The molecule has 2 N–H and O–H groups in total. The lowest BCUT2D eigenvalue weighted by molar-refractivity contribution is 0.278. The van der Waals surface area contributed by atoms with E-state index in [0.717, 1.165) is 24.8 Å². The molecule has 1 aromatic carbocycles. The third-order valence-electron chi connectivity index (χ3n) is 4.34. The number of rotatable bonds is 5. The number of aryl methyl sites for hydroxylation is 1. The number of hydrogen-bond donors (Lipinski definition) is 2. The van der Waals surface area contributed by atoms with Crippen LogP contribution in [0.25, 0.3) is 0 Å². The molecule has 0 saturated carbocycles. The van der Waals surface area contributed by atoms with Gasteiger partial charge in [-0.25, -0.2) is 0 Å². The molecule has 0 atom stereocenters. The van der Waals surface area contributed by atoms with Crippen molar-refractivity contribution >= 4 is 0 Å². The molecule has 0 aliphatic rings. The van der Waals surface area contributed by atoms with Crippen molar-refractivity contribution in [3.05, 3.63) is 28.8 Å². The molecule has 0 aliphatic heterocycles. The van der Waals surface area contributed by atoms with Gasteiger partial charge >= 0.3 is 0 Å². The van der Waals surface area contributed by atoms with Crippen LogP contribution in [0.4, 0.5) is 0 Å². The first-order chi connectivity index (χ1) is 10.3. The smallest absolute Gasteiger partial charge is 0.119 e. The largest absolute Gasteiger partial charge is 0.508 e. The number of phenols is 1. The van der Waals surface area contributed by atoms with Crippen LogP contribution in [-0.2, 0) is 17.3 Å². The Morgan fingerprint density at radius 3 is 1.87 bits per heavy atom. The third kappa shape index (κ3) is 5.53. The highest BCUT2D eigenvalue weighted by Crippen LogP contribution is 2.42. The highest BCUT2D eigenvalue weighted by Gasteiger charge is 2.31. The third-order valence-corrected chi connectivity index (χ3v) is 4.34. The molecule has 0 fully saturated rings. The average Bonchev–Trinajstić information content (AvgIpc) is 2.32. The van der Waals surface area contributed by atoms with Gasteiger partial charge in [-0.15, -0.1) is 0 Å². The maximum absolute atomic E-state index is 10.6. The van der Waals surface area contributed by atoms with Gasteiger partial charge in [0.2, 0.25) is 0 Å². The van der Waals surface area contributed by atoms with Crippen LogP contribution in [0, 0.1) is 5.41 Å². The van der Waals surface area contributed by atoms with E-state index in [1.54, 1.807) is 0 Å². The second-order valence-corrected chi connectivity index (χ2v) is 9.72. The van der Waals surface area contributed by atoms with Gasteiger partial charge in [-0.2, -0.15) is 0 Å². The van der Waals surface area contributed by atoms with Gasteiger partial charge in [-0.05, 0) is 58.3 Å². The number of benzene rings is 1. The van der Waals surface area contributed by atoms with Crippen LogP contribution in [0.15, 0.2) is 12.1 Å². The van der Waals surface area contributed by atoms with Gasteiger partial charge in [0.25, 0.3) is 0 Å². The molecule has 0 heterocycles. The molecule has 0 aliphatic carbocycles. The zero-order chi connectivity index (χ0) is 18.1. The molecule has 0 spiro atoms. The fourth-order valence-electron chi connectivity index (χ4n) is 3.76. The summed E-state index contributed by atoms with van der Waals surface area (Å²) in [4.78, 5) is 0. The lowest BCUT2D eigenvalue weighted by Gasteiger charge is -2.35. The molecule has 2 heteroatoms. The van der Waals surface area contributed by atoms with Gasteiger partial charge in [-0.3, -0.25) is 0 Å². The van der Waals surface area contributed by atoms with E-state index < -0.39 is 0 Å². The van der Waals surface area contributed by atoms with Gasteiger partial charge in [0.15, 0.2) is 0 Å². The van der Waals surface area contributed by atoms with Gasteiger partial charge in [0.1, 0.15) is 5.75 Å². The molecule has 1 rings (SSSR count). The summed E-state index contributed by atoms with van der Waals surface area (Å²) in [5.41, 5.74) is 3.57. The lowest BCUT2D eigenvalue weighted by atomic mass is 9.69. The van der Waals surface area contributed by atoms with E-state index in [1.807, 2.05) is 6.07 Å². The van der Waals surface area contributed by atoms with Crippen molar-refractivity contribution in [2.24, 2.45) is 5.41 Å². The first-order valence-electron chi connectivity index (χ1n) is 8.76. The SMILES string of the molecule is CC(C)(C)CC(C)(C)c1cc(O)c(C(C)(C)C)cc1CCCO. The maximum Gasteiger partial charge on any atom is 0.119 e. The minimum atomic E-state index is -0.0925. The summed E-state index contributed by atoms with van der Waals surface area (Å²) in [6, 6.07) is 4.13. The summed E-state index contributed by atoms with van der Waals surface area (Å²) in [6.07, 6.45) is 2.65. The Morgan fingerprint density at radius 2 is 1.43 bits per heavy atom. The van der Waals surface area contributed by atoms with Crippen LogP contribution in [0.2, 0.25) is 0 Å². The van der Waals surface area contributed by atoms with E-state index in [0.29, 0.717) is 5.75 Å². The fraction of sp³-hybridized carbons (Fsp3) is 0.714. The molecule has 0 radical (unpaired) electrons. The second-order valence-electron chi connectivity index (χ2n) is 9.72. The average molecular weight is 321 g/mol. The summed E-state index contributed by atoms with van der Waals surface area (Å²) < 4.78 is 0. The number of aliphatic hydroxyl groups is 1. The molecule has 0 unspecified atom stereocenters. The maximum atomic E-state index is 10.6. The Hall–Kier alpha value is -1.02. The predicted molar refractivity (Wildman–Crippen MR) is 99.3 cm³/mol. The minimum absolute atomic E-state index is 0.0169. The molecule has 0 aromatic heterocycles. The molecule has 23 heavy (non-hydrogen) atoms. The summed E-state index contributed by atoms with van der Waals surface area (Å²) in [5.74, 6) is 0.391. The fourth-order valence-corrected chi connectivity index (χ4v) is 3.76. The second kappa shape index (κ2) is 6.84. The summed E-state index contributed by atoms with van der Waals surface area (Å²) >= 11 is 0. The zero-order valence-corrected chi connectivity index (χ0v) is 16.4. The molecule has 0 saturated heterocycles.